The SMILES string of the molecule is CCOc1cc(-c2ccccc2F)c(C2CC2)cc1CN1CC2(CC(CC3CCC(C)(C(=O)O)CC3)=NO2)C1. The number of aliphatic carboxylic acids is 1. The Morgan fingerprint density at radius 2 is 1.90 bits per heavy atom. The number of hydrogen-bond acceptors (Lipinski definition) is 5. The number of carboxylic acids is 1. The number of likely N-dealkylation sites (tertiary alicyclic amines) is 1. The van der Waals surface area contributed by atoms with Crippen molar-refractivity contribution < 1.29 is 23.9 Å². The second-order valence-electron chi connectivity index (χ2n) is 12.5. The number of oxime groups is 1. The molecule has 0 radical (unpaired) electrons. The van der Waals surface area contributed by atoms with Crippen LogP contribution < -0.4 is 4.74 Å². The van der Waals surface area contributed by atoms with Gasteiger partial charge in [0.15, 0.2) is 5.60 Å². The van der Waals surface area contributed by atoms with Gasteiger partial charge in [-0.15, -0.1) is 0 Å². The zero-order chi connectivity index (χ0) is 27.2. The fourth-order valence-electron chi connectivity index (χ4n) is 6.77. The normalized spacial score (nSPS) is 26.1. The molecule has 0 bridgehead atoms. The summed E-state index contributed by atoms with van der Waals surface area (Å²) in [5.41, 5.74) is 4.28. The fourth-order valence-corrected chi connectivity index (χ4v) is 6.77. The highest BCUT2D eigenvalue weighted by atomic mass is 19.1. The number of hydrogen-bond donors (Lipinski definition) is 1. The molecule has 208 valence electrons. The van der Waals surface area contributed by atoms with Gasteiger partial charge in [0.2, 0.25) is 0 Å². The van der Waals surface area contributed by atoms with Crippen LogP contribution in [0.2, 0.25) is 0 Å². The molecule has 2 aliphatic heterocycles. The number of nitrogens with zero attached hydrogens (tertiary/aromatic N) is 2. The summed E-state index contributed by atoms with van der Waals surface area (Å²) in [6.45, 7) is 6.83. The van der Waals surface area contributed by atoms with Gasteiger partial charge in [-0.2, -0.15) is 0 Å². The van der Waals surface area contributed by atoms with Gasteiger partial charge in [0, 0.05) is 37.2 Å². The van der Waals surface area contributed by atoms with Crippen molar-refractivity contribution in [3.8, 4) is 16.9 Å². The minimum absolute atomic E-state index is 0.197. The average Bonchev–Trinajstić information content (AvgIpc) is 3.66. The molecule has 39 heavy (non-hydrogen) atoms. The minimum atomic E-state index is -0.672. The van der Waals surface area contributed by atoms with Gasteiger partial charge in [-0.1, -0.05) is 23.4 Å². The smallest absolute Gasteiger partial charge is 0.309 e. The topological polar surface area (TPSA) is 71.4 Å². The Morgan fingerprint density at radius 3 is 2.56 bits per heavy atom. The van der Waals surface area contributed by atoms with Crippen molar-refractivity contribution in [1.82, 2.24) is 4.90 Å². The lowest BCUT2D eigenvalue weighted by atomic mass is 9.70. The molecule has 2 aromatic carbocycles. The Kier molecular flexibility index (Phi) is 6.90. The fraction of sp³-hybridized carbons (Fsp3) is 0.562. The molecule has 0 amide bonds. The standard InChI is InChI=1S/C32H39FN2O4/c1-3-38-29-16-27(25-6-4-5-7-28(25)33)26(22-8-9-22)15-23(29)18-35-19-32(20-35)17-24(34-39-32)14-21-10-12-31(2,13-11-21)30(36)37/h4-7,15-16,21-22H,3,8-14,17-20H2,1-2H3,(H,36,37). The van der Waals surface area contributed by atoms with Crippen LogP contribution in [0.4, 0.5) is 4.39 Å². The summed E-state index contributed by atoms with van der Waals surface area (Å²) in [7, 11) is 0. The molecule has 2 aliphatic carbocycles. The second kappa shape index (κ2) is 10.2. The molecule has 0 atom stereocenters. The highest BCUT2D eigenvalue weighted by Gasteiger charge is 2.50. The first-order valence-electron chi connectivity index (χ1n) is 14.5. The van der Waals surface area contributed by atoms with Crippen LogP contribution in [0.15, 0.2) is 41.6 Å². The second-order valence-corrected chi connectivity index (χ2v) is 12.5. The van der Waals surface area contributed by atoms with E-state index in [-0.39, 0.29) is 11.4 Å². The van der Waals surface area contributed by atoms with Crippen molar-refractivity contribution in [2.45, 2.75) is 83.3 Å². The van der Waals surface area contributed by atoms with Crippen LogP contribution in [-0.2, 0) is 16.2 Å². The lowest BCUT2D eigenvalue weighted by molar-refractivity contribution is -0.150. The van der Waals surface area contributed by atoms with Gasteiger partial charge < -0.3 is 14.7 Å². The van der Waals surface area contributed by atoms with Gasteiger partial charge in [-0.25, -0.2) is 4.39 Å². The van der Waals surface area contributed by atoms with Gasteiger partial charge >= 0.3 is 5.97 Å². The van der Waals surface area contributed by atoms with Crippen LogP contribution in [0.1, 0.15) is 82.3 Å². The van der Waals surface area contributed by atoms with Crippen molar-refractivity contribution in [2.24, 2.45) is 16.5 Å². The third-order valence-electron chi connectivity index (χ3n) is 9.28. The van der Waals surface area contributed by atoms with Gasteiger partial charge in [-0.05, 0) is 100.0 Å². The number of halogens is 1. The first-order valence-corrected chi connectivity index (χ1v) is 14.5. The molecule has 1 spiro atoms. The Morgan fingerprint density at radius 1 is 1.15 bits per heavy atom. The maximum Gasteiger partial charge on any atom is 0.309 e. The maximum atomic E-state index is 14.7. The monoisotopic (exact) mass is 534 g/mol. The molecule has 3 fully saturated rings. The van der Waals surface area contributed by atoms with Crippen molar-refractivity contribution in [1.29, 1.82) is 0 Å². The summed E-state index contributed by atoms with van der Waals surface area (Å²) in [6.07, 6.45) is 7.41. The molecule has 1 saturated heterocycles. The lowest BCUT2D eigenvalue weighted by Gasteiger charge is -2.45. The van der Waals surface area contributed by atoms with Crippen LogP contribution in [0, 0.1) is 17.2 Å². The van der Waals surface area contributed by atoms with E-state index in [0.717, 1.165) is 93.6 Å². The van der Waals surface area contributed by atoms with Gasteiger partial charge in [0.05, 0.1) is 17.7 Å². The quantitative estimate of drug-likeness (QED) is 0.384. The minimum Gasteiger partial charge on any atom is -0.494 e. The summed E-state index contributed by atoms with van der Waals surface area (Å²) >= 11 is 0. The van der Waals surface area contributed by atoms with Crippen LogP contribution in [0.5, 0.6) is 5.75 Å². The average molecular weight is 535 g/mol. The number of rotatable bonds is 9. The predicted molar refractivity (Wildman–Crippen MR) is 148 cm³/mol. The Hall–Kier alpha value is -2.93. The molecular weight excluding hydrogens is 495 g/mol. The predicted octanol–water partition coefficient (Wildman–Crippen LogP) is 6.77. The van der Waals surface area contributed by atoms with E-state index in [1.165, 1.54) is 11.6 Å². The van der Waals surface area contributed by atoms with E-state index in [2.05, 4.69) is 16.1 Å². The third kappa shape index (κ3) is 5.30. The van der Waals surface area contributed by atoms with Crippen LogP contribution >= 0.6 is 0 Å². The van der Waals surface area contributed by atoms with Crippen LogP contribution in [-0.4, -0.2) is 47.0 Å². The highest BCUT2D eigenvalue weighted by Crippen LogP contribution is 2.48. The third-order valence-corrected chi connectivity index (χ3v) is 9.28. The van der Waals surface area contributed by atoms with Gasteiger partial charge in [0.25, 0.3) is 0 Å². The summed E-state index contributed by atoms with van der Waals surface area (Å²) in [5, 5.41) is 14.0. The van der Waals surface area contributed by atoms with Gasteiger partial charge in [-0.3, -0.25) is 9.69 Å². The van der Waals surface area contributed by atoms with E-state index in [0.29, 0.717) is 24.0 Å². The van der Waals surface area contributed by atoms with E-state index >= 15 is 0 Å². The summed E-state index contributed by atoms with van der Waals surface area (Å²) in [5.74, 6) is 0.941. The molecular formula is C32H39FN2O4. The summed E-state index contributed by atoms with van der Waals surface area (Å²) in [6, 6.07) is 11.3. The molecule has 2 heterocycles. The molecule has 2 aromatic rings. The van der Waals surface area contributed by atoms with Crippen molar-refractivity contribution in [2.75, 3.05) is 19.7 Å². The number of benzene rings is 2. The van der Waals surface area contributed by atoms with E-state index in [1.807, 2.05) is 32.0 Å². The molecule has 1 N–H and O–H groups in total. The molecule has 6 nitrogen and oxygen atoms in total. The van der Waals surface area contributed by atoms with E-state index in [9.17, 15) is 14.3 Å². The number of ether oxygens (including phenoxy) is 1. The molecule has 4 aliphatic rings. The Bertz CT molecular complexity index is 1270. The molecule has 0 unspecified atom stereocenters. The van der Waals surface area contributed by atoms with Crippen LogP contribution in [0.3, 0.4) is 0 Å². The highest BCUT2D eigenvalue weighted by molar-refractivity contribution is 5.86. The van der Waals surface area contributed by atoms with E-state index < -0.39 is 11.4 Å². The van der Waals surface area contributed by atoms with Crippen molar-refractivity contribution in [3.63, 3.8) is 0 Å². The van der Waals surface area contributed by atoms with Crippen molar-refractivity contribution >= 4 is 11.7 Å². The number of carbonyl (C=O) groups is 1. The molecule has 2 saturated carbocycles. The first kappa shape index (κ1) is 26.3. The molecule has 6 rings (SSSR count). The number of carboxylic acid groups (broad SMARTS) is 1. The first-order chi connectivity index (χ1) is 18.8. The van der Waals surface area contributed by atoms with Gasteiger partial charge in [0.1, 0.15) is 11.6 Å². The Balaban J connectivity index is 1.09. The summed E-state index contributed by atoms with van der Waals surface area (Å²) in [4.78, 5) is 19.9. The van der Waals surface area contributed by atoms with E-state index in [1.54, 1.807) is 6.07 Å². The van der Waals surface area contributed by atoms with Crippen LogP contribution in [0.25, 0.3) is 11.1 Å². The largest absolute Gasteiger partial charge is 0.494 e. The molecule has 7 heteroatoms. The summed E-state index contributed by atoms with van der Waals surface area (Å²) < 4.78 is 20.8. The lowest BCUT2D eigenvalue weighted by Crippen LogP contribution is -2.61. The zero-order valence-electron chi connectivity index (χ0n) is 23.0. The Labute approximate surface area is 230 Å². The van der Waals surface area contributed by atoms with Crippen molar-refractivity contribution in [3.05, 3.63) is 53.3 Å². The zero-order valence-corrected chi connectivity index (χ0v) is 23.0. The van der Waals surface area contributed by atoms with E-state index in [4.69, 9.17) is 9.57 Å². The molecule has 0 aromatic heterocycles. The maximum absolute atomic E-state index is 14.7.